The molecule has 1 fully saturated rings. The van der Waals surface area contributed by atoms with E-state index in [1.54, 1.807) is 6.92 Å². The van der Waals surface area contributed by atoms with Crippen LogP contribution in [-0.2, 0) is 16.0 Å². The van der Waals surface area contributed by atoms with E-state index in [1.807, 2.05) is 21.9 Å². The molecule has 1 saturated heterocycles. The Morgan fingerprint density at radius 3 is 2.52 bits per heavy atom. The van der Waals surface area contributed by atoms with Crippen LogP contribution in [0, 0.1) is 5.92 Å². The van der Waals surface area contributed by atoms with E-state index in [1.165, 1.54) is 5.56 Å². The summed E-state index contributed by atoms with van der Waals surface area (Å²) in [6, 6.07) is 8.12. The number of carbonyl (C=O) groups is 2. The first-order chi connectivity index (χ1) is 11.1. The van der Waals surface area contributed by atoms with Gasteiger partial charge in [-0.2, -0.15) is 0 Å². The molecule has 1 unspecified atom stereocenters. The number of carbonyl (C=O) groups excluding carboxylic acids is 2. The molecule has 0 spiro atoms. The molecule has 2 aliphatic heterocycles. The van der Waals surface area contributed by atoms with E-state index < -0.39 is 0 Å². The largest absolute Gasteiger partial charge is 0.343 e. The van der Waals surface area contributed by atoms with Crippen LogP contribution in [0.1, 0.15) is 50.3 Å². The van der Waals surface area contributed by atoms with Gasteiger partial charge in [0.15, 0.2) is 0 Å². The minimum absolute atomic E-state index is 0.0598. The zero-order valence-electron chi connectivity index (χ0n) is 14.1. The predicted molar refractivity (Wildman–Crippen MR) is 89.9 cm³/mol. The third kappa shape index (κ3) is 3.41. The van der Waals surface area contributed by atoms with E-state index in [9.17, 15) is 9.59 Å². The molecule has 2 amide bonds. The molecule has 1 atom stereocenters. The lowest BCUT2D eigenvalue weighted by atomic mass is 9.90. The highest BCUT2D eigenvalue weighted by Crippen LogP contribution is 2.33. The summed E-state index contributed by atoms with van der Waals surface area (Å²) in [6.45, 7) is 6.27. The molecule has 3 rings (SSSR count). The van der Waals surface area contributed by atoms with Gasteiger partial charge in [0.1, 0.15) is 0 Å². The third-order valence-electron chi connectivity index (χ3n) is 5.32. The van der Waals surface area contributed by atoms with Crippen LogP contribution in [0.5, 0.6) is 0 Å². The molecule has 4 heteroatoms. The van der Waals surface area contributed by atoms with Gasteiger partial charge < -0.3 is 9.80 Å². The van der Waals surface area contributed by atoms with E-state index >= 15 is 0 Å². The third-order valence-corrected chi connectivity index (χ3v) is 5.32. The van der Waals surface area contributed by atoms with Crippen molar-refractivity contribution < 1.29 is 9.59 Å². The average molecular weight is 314 g/mol. The Labute approximate surface area is 138 Å². The number of benzene rings is 1. The SMILES string of the molecule is CC(=O)N1CCc2ccccc2C1CC(=O)N1CCC(C)CC1. The van der Waals surface area contributed by atoms with Crippen molar-refractivity contribution in [3.05, 3.63) is 35.4 Å². The molecule has 0 N–H and O–H groups in total. The Balaban J connectivity index is 1.78. The molecule has 1 aromatic rings. The molecule has 0 bridgehead atoms. The van der Waals surface area contributed by atoms with Gasteiger partial charge in [0.05, 0.1) is 12.5 Å². The van der Waals surface area contributed by atoms with Gasteiger partial charge in [-0.15, -0.1) is 0 Å². The molecular formula is C19H26N2O2. The number of piperidine rings is 1. The maximum atomic E-state index is 12.7. The molecule has 0 aromatic heterocycles. The molecule has 4 nitrogen and oxygen atoms in total. The summed E-state index contributed by atoms with van der Waals surface area (Å²) in [6.07, 6.45) is 3.46. The lowest BCUT2D eigenvalue weighted by Gasteiger charge is -2.38. The molecule has 1 aromatic carbocycles. The molecule has 2 heterocycles. The number of rotatable bonds is 2. The number of hydrogen-bond donors (Lipinski definition) is 0. The Morgan fingerprint density at radius 2 is 1.83 bits per heavy atom. The van der Waals surface area contributed by atoms with Crippen molar-refractivity contribution in [2.45, 2.75) is 45.6 Å². The fourth-order valence-electron chi connectivity index (χ4n) is 3.80. The second-order valence-corrected chi connectivity index (χ2v) is 6.94. The zero-order chi connectivity index (χ0) is 16.4. The first-order valence-corrected chi connectivity index (χ1v) is 8.69. The molecule has 0 saturated carbocycles. The Bertz CT molecular complexity index is 591. The van der Waals surface area contributed by atoms with Crippen LogP contribution in [-0.4, -0.2) is 41.2 Å². The number of likely N-dealkylation sites (tertiary alicyclic amines) is 1. The van der Waals surface area contributed by atoms with Gasteiger partial charge in [-0.25, -0.2) is 0 Å². The van der Waals surface area contributed by atoms with Crippen molar-refractivity contribution in [2.75, 3.05) is 19.6 Å². The van der Waals surface area contributed by atoms with E-state index in [-0.39, 0.29) is 17.9 Å². The lowest BCUT2D eigenvalue weighted by Crippen LogP contribution is -2.43. The summed E-state index contributed by atoms with van der Waals surface area (Å²) in [5.74, 6) is 0.956. The summed E-state index contributed by atoms with van der Waals surface area (Å²) in [5, 5.41) is 0. The van der Waals surface area contributed by atoms with Crippen molar-refractivity contribution in [2.24, 2.45) is 5.92 Å². The monoisotopic (exact) mass is 314 g/mol. The van der Waals surface area contributed by atoms with Crippen LogP contribution in [0.25, 0.3) is 0 Å². The summed E-state index contributed by atoms with van der Waals surface area (Å²) < 4.78 is 0. The number of hydrogen-bond acceptors (Lipinski definition) is 2. The smallest absolute Gasteiger partial charge is 0.224 e. The van der Waals surface area contributed by atoms with Crippen LogP contribution in [0.3, 0.4) is 0 Å². The van der Waals surface area contributed by atoms with Gasteiger partial charge in [0.2, 0.25) is 11.8 Å². The molecule has 124 valence electrons. The Morgan fingerprint density at radius 1 is 1.13 bits per heavy atom. The van der Waals surface area contributed by atoms with Crippen LogP contribution < -0.4 is 0 Å². The van der Waals surface area contributed by atoms with Crippen LogP contribution in [0.2, 0.25) is 0 Å². The normalized spacial score (nSPS) is 21.9. The number of amides is 2. The van der Waals surface area contributed by atoms with Crippen LogP contribution in [0.4, 0.5) is 0 Å². The van der Waals surface area contributed by atoms with Gasteiger partial charge in [-0.1, -0.05) is 31.2 Å². The molecule has 0 aliphatic carbocycles. The summed E-state index contributed by atoms with van der Waals surface area (Å²) in [4.78, 5) is 28.6. The van der Waals surface area contributed by atoms with Gasteiger partial charge in [-0.3, -0.25) is 9.59 Å². The zero-order valence-corrected chi connectivity index (χ0v) is 14.1. The maximum Gasteiger partial charge on any atom is 0.224 e. The summed E-state index contributed by atoms with van der Waals surface area (Å²) in [5.41, 5.74) is 2.42. The minimum atomic E-state index is -0.107. The van der Waals surface area contributed by atoms with Crippen molar-refractivity contribution in [1.82, 2.24) is 9.80 Å². The lowest BCUT2D eigenvalue weighted by molar-refractivity contribution is -0.137. The highest BCUT2D eigenvalue weighted by molar-refractivity contribution is 5.80. The van der Waals surface area contributed by atoms with E-state index in [2.05, 4.69) is 19.1 Å². The van der Waals surface area contributed by atoms with E-state index in [4.69, 9.17) is 0 Å². The number of fused-ring (bicyclic) bond motifs is 1. The molecular weight excluding hydrogens is 288 g/mol. The summed E-state index contributed by atoms with van der Waals surface area (Å²) in [7, 11) is 0. The molecule has 2 aliphatic rings. The first kappa shape index (κ1) is 16.0. The average Bonchev–Trinajstić information content (AvgIpc) is 2.55. The minimum Gasteiger partial charge on any atom is -0.343 e. The van der Waals surface area contributed by atoms with Gasteiger partial charge in [0.25, 0.3) is 0 Å². The number of nitrogens with zero attached hydrogens (tertiary/aromatic N) is 2. The second kappa shape index (κ2) is 6.73. The van der Waals surface area contributed by atoms with Gasteiger partial charge >= 0.3 is 0 Å². The fourth-order valence-corrected chi connectivity index (χ4v) is 3.80. The van der Waals surface area contributed by atoms with Crippen molar-refractivity contribution in [3.63, 3.8) is 0 Å². The molecule has 23 heavy (non-hydrogen) atoms. The van der Waals surface area contributed by atoms with Gasteiger partial charge in [0, 0.05) is 26.6 Å². The predicted octanol–water partition coefficient (Wildman–Crippen LogP) is 2.78. The topological polar surface area (TPSA) is 40.6 Å². The quantitative estimate of drug-likeness (QED) is 0.842. The van der Waals surface area contributed by atoms with E-state index in [0.29, 0.717) is 18.9 Å². The van der Waals surface area contributed by atoms with Crippen LogP contribution >= 0.6 is 0 Å². The van der Waals surface area contributed by atoms with Crippen molar-refractivity contribution in [1.29, 1.82) is 0 Å². The fraction of sp³-hybridized carbons (Fsp3) is 0.579. The van der Waals surface area contributed by atoms with E-state index in [0.717, 1.165) is 37.9 Å². The van der Waals surface area contributed by atoms with Gasteiger partial charge in [-0.05, 0) is 36.3 Å². The highest BCUT2D eigenvalue weighted by Gasteiger charge is 2.32. The van der Waals surface area contributed by atoms with Crippen molar-refractivity contribution in [3.8, 4) is 0 Å². The van der Waals surface area contributed by atoms with Crippen molar-refractivity contribution >= 4 is 11.8 Å². The molecule has 0 radical (unpaired) electrons. The maximum absolute atomic E-state index is 12.7. The summed E-state index contributed by atoms with van der Waals surface area (Å²) >= 11 is 0. The standard InChI is InChI=1S/C19H26N2O2/c1-14-7-10-20(11-8-14)19(23)13-18-17-6-4-3-5-16(17)9-12-21(18)15(2)22/h3-6,14,18H,7-13H2,1-2H3. The first-order valence-electron chi connectivity index (χ1n) is 8.69. The second-order valence-electron chi connectivity index (χ2n) is 6.94. The Kier molecular flexibility index (Phi) is 4.69. The Hall–Kier alpha value is -1.84. The highest BCUT2D eigenvalue weighted by atomic mass is 16.2. The van der Waals surface area contributed by atoms with Crippen LogP contribution in [0.15, 0.2) is 24.3 Å².